The minimum Gasteiger partial charge on any atom is -0.475 e. The second kappa shape index (κ2) is 13.4. The number of hydrogen-bond acceptors (Lipinski definition) is 7. The zero-order chi connectivity index (χ0) is 30.3. The monoisotopic (exact) mass is 618 g/mol. The number of nitrogens with one attached hydrogen (secondary N) is 1. The number of benzene rings is 1. The molecule has 0 fully saturated rings. The highest BCUT2D eigenvalue weighted by atomic mass is 35.5. The van der Waals surface area contributed by atoms with Crippen molar-refractivity contribution in [2.45, 2.75) is 37.9 Å². The molecule has 1 aromatic heterocycles. The maximum absolute atomic E-state index is 13.1. The highest BCUT2D eigenvalue weighted by Gasteiger charge is 2.38. The SMILES string of the molecule is Cc1ccc(NS(=O)(=O)Cc2cc(Cl)ccc2Cl)c(=O)n1C(C(N)=O)C(C)ON=C(N)N.O=C(O)C(F)(F)F. The predicted molar refractivity (Wildman–Crippen MR) is 136 cm³/mol. The number of alkyl halides is 3. The van der Waals surface area contributed by atoms with Crippen LogP contribution in [0.3, 0.4) is 0 Å². The molecular weight excluding hydrogens is 596 g/mol. The van der Waals surface area contributed by atoms with Crippen LogP contribution in [0.1, 0.15) is 24.2 Å². The number of sulfonamides is 1. The Labute approximate surface area is 229 Å². The Kier molecular flexibility index (Phi) is 11.4. The summed E-state index contributed by atoms with van der Waals surface area (Å²) in [6, 6.07) is 5.75. The minimum absolute atomic E-state index is 0.195. The van der Waals surface area contributed by atoms with E-state index in [4.69, 9.17) is 55.1 Å². The summed E-state index contributed by atoms with van der Waals surface area (Å²) in [6.07, 6.45) is -6.14. The van der Waals surface area contributed by atoms with Gasteiger partial charge in [-0.2, -0.15) is 13.2 Å². The Hall–Kier alpha value is -3.70. The number of carbonyl (C=O) groups is 2. The van der Waals surface area contributed by atoms with Gasteiger partial charge in [0.05, 0.1) is 5.75 Å². The zero-order valence-electron chi connectivity index (χ0n) is 20.1. The second-order valence-electron chi connectivity index (χ2n) is 7.64. The van der Waals surface area contributed by atoms with Gasteiger partial charge in [0.25, 0.3) is 5.56 Å². The number of primary amides is 1. The van der Waals surface area contributed by atoms with Crippen LogP contribution in [0.4, 0.5) is 18.9 Å². The van der Waals surface area contributed by atoms with E-state index in [0.717, 1.165) is 4.57 Å². The van der Waals surface area contributed by atoms with Gasteiger partial charge in [-0.3, -0.25) is 18.9 Å². The van der Waals surface area contributed by atoms with E-state index in [2.05, 4.69) is 9.88 Å². The van der Waals surface area contributed by atoms with Gasteiger partial charge in [0.2, 0.25) is 21.9 Å². The van der Waals surface area contributed by atoms with E-state index in [1.807, 2.05) is 0 Å². The zero-order valence-corrected chi connectivity index (χ0v) is 22.4. The molecule has 19 heteroatoms. The van der Waals surface area contributed by atoms with Crippen LogP contribution >= 0.6 is 23.2 Å². The molecule has 1 amide bonds. The molecule has 13 nitrogen and oxygen atoms in total. The van der Waals surface area contributed by atoms with Crippen LogP contribution in [0.25, 0.3) is 0 Å². The lowest BCUT2D eigenvalue weighted by Crippen LogP contribution is -2.42. The third-order valence-corrected chi connectivity index (χ3v) is 6.35. The molecule has 0 saturated carbocycles. The number of guanidine groups is 1. The first kappa shape index (κ1) is 33.3. The number of halogens is 5. The molecule has 0 aliphatic heterocycles. The maximum Gasteiger partial charge on any atom is 0.490 e. The average Bonchev–Trinajstić information content (AvgIpc) is 2.78. The van der Waals surface area contributed by atoms with Gasteiger partial charge >= 0.3 is 12.1 Å². The van der Waals surface area contributed by atoms with Crippen LogP contribution in [0, 0.1) is 6.92 Å². The summed E-state index contributed by atoms with van der Waals surface area (Å²) in [5.41, 5.74) is 15.3. The summed E-state index contributed by atoms with van der Waals surface area (Å²) in [4.78, 5) is 39.1. The van der Waals surface area contributed by atoms with Crippen LogP contribution in [0.15, 0.2) is 40.3 Å². The van der Waals surface area contributed by atoms with Crippen LogP contribution in [-0.4, -0.2) is 48.2 Å². The number of nitrogens with two attached hydrogens (primary N) is 3. The molecular formula is C20H23Cl2F3N6O7S. The first-order valence-corrected chi connectivity index (χ1v) is 12.7. The van der Waals surface area contributed by atoms with E-state index in [-0.39, 0.29) is 16.3 Å². The molecule has 1 aromatic carbocycles. The number of aromatic nitrogens is 1. The van der Waals surface area contributed by atoms with Crippen molar-refractivity contribution in [1.82, 2.24) is 4.57 Å². The fourth-order valence-electron chi connectivity index (χ4n) is 2.90. The quantitative estimate of drug-likeness (QED) is 0.156. The van der Waals surface area contributed by atoms with E-state index >= 15 is 0 Å². The summed E-state index contributed by atoms with van der Waals surface area (Å²) in [5, 5.41) is 11.0. The Bertz CT molecular complexity index is 1410. The van der Waals surface area contributed by atoms with E-state index < -0.39 is 57.5 Å². The molecule has 216 valence electrons. The lowest BCUT2D eigenvalue weighted by Gasteiger charge is -2.24. The third-order valence-electron chi connectivity index (χ3n) is 4.52. The van der Waals surface area contributed by atoms with Crippen molar-refractivity contribution in [1.29, 1.82) is 0 Å². The number of carbonyl (C=O) groups excluding carboxylic acids is 1. The number of aryl methyl sites for hydroxylation is 1. The van der Waals surface area contributed by atoms with Crippen molar-refractivity contribution in [2.75, 3.05) is 4.72 Å². The lowest BCUT2D eigenvalue weighted by atomic mass is 10.1. The topological polar surface area (TPSA) is 222 Å². The molecule has 0 aliphatic carbocycles. The molecule has 8 N–H and O–H groups in total. The van der Waals surface area contributed by atoms with Crippen molar-refractivity contribution in [3.8, 4) is 0 Å². The Morgan fingerprint density at radius 3 is 2.23 bits per heavy atom. The number of anilines is 1. The van der Waals surface area contributed by atoms with Gasteiger partial charge in [-0.05, 0) is 54.9 Å². The summed E-state index contributed by atoms with van der Waals surface area (Å²) < 4.78 is 60.3. The normalized spacial score (nSPS) is 12.8. The Morgan fingerprint density at radius 1 is 1.18 bits per heavy atom. The number of hydrogen-bond donors (Lipinski definition) is 5. The number of aliphatic carboxylic acids is 1. The van der Waals surface area contributed by atoms with E-state index in [9.17, 15) is 31.2 Å². The Balaban J connectivity index is 0.000000956. The molecule has 0 radical (unpaired) electrons. The summed E-state index contributed by atoms with van der Waals surface area (Å²) in [6.45, 7) is 2.96. The minimum atomic E-state index is -5.08. The van der Waals surface area contributed by atoms with Gasteiger partial charge in [0.1, 0.15) is 5.69 Å². The van der Waals surface area contributed by atoms with Crippen molar-refractivity contribution in [2.24, 2.45) is 22.4 Å². The largest absolute Gasteiger partial charge is 0.490 e. The van der Waals surface area contributed by atoms with Gasteiger partial charge in [-0.25, -0.2) is 13.2 Å². The van der Waals surface area contributed by atoms with E-state index in [1.165, 1.54) is 44.2 Å². The number of oxime groups is 1. The molecule has 0 spiro atoms. The average molecular weight is 619 g/mol. The third kappa shape index (κ3) is 10.2. The molecule has 0 bridgehead atoms. The van der Waals surface area contributed by atoms with Crippen LogP contribution in [-0.2, 0) is 30.2 Å². The van der Waals surface area contributed by atoms with Crippen LogP contribution in [0.5, 0.6) is 0 Å². The molecule has 1 heterocycles. The van der Waals surface area contributed by atoms with Crippen LogP contribution < -0.4 is 27.5 Å². The van der Waals surface area contributed by atoms with E-state index in [1.54, 1.807) is 0 Å². The van der Waals surface area contributed by atoms with Crippen molar-refractivity contribution in [3.63, 3.8) is 0 Å². The predicted octanol–water partition coefficient (Wildman–Crippen LogP) is 1.66. The number of nitrogens with zero attached hydrogens (tertiary/aromatic N) is 2. The van der Waals surface area contributed by atoms with Gasteiger partial charge in [0.15, 0.2) is 12.1 Å². The highest BCUT2D eigenvalue weighted by molar-refractivity contribution is 7.91. The first-order chi connectivity index (χ1) is 17.8. The molecule has 2 atom stereocenters. The number of carboxylic acids is 1. The highest BCUT2D eigenvalue weighted by Crippen LogP contribution is 2.23. The molecule has 39 heavy (non-hydrogen) atoms. The fraction of sp³-hybridized carbons (Fsp3) is 0.300. The number of rotatable bonds is 9. The number of pyridine rings is 1. The van der Waals surface area contributed by atoms with Crippen LogP contribution in [0.2, 0.25) is 10.0 Å². The Morgan fingerprint density at radius 2 is 1.74 bits per heavy atom. The van der Waals surface area contributed by atoms with Gasteiger partial charge in [-0.1, -0.05) is 23.2 Å². The number of carboxylic acid groups (broad SMARTS) is 1. The maximum atomic E-state index is 13.1. The summed E-state index contributed by atoms with van der Waals surface area (Å²) >= 11 is 11.9. The molecule has 2 unspecified atom stereocenters. The summed E-state index contributed by atoms with van der Waals surface area (Å²) in [7, 11) is -4.08. The molecule has 2 aromatic rings. The van der Waals surface area contributed by atoms with Gasteiger partial charge < -0.3 is 27.1 Å². The fourth-order valence-corrected chi connectivity index (χ4v) is 4.57. The lowest BCUT2D eigenvalue weighted by molar-refractivity contribution is -0.192. The van der Waals surface area contributed by atoms with Crippen molar-refractivity contribution in [3.05, 3.63) is 62.0 Å². The number of amides is 1. The van der Waals surface area contributed by atoms with Crippen molar-refractivity contribution < 1.29 is 41.1 Å². The molecule has 0 aliphatic rings. The van der Waals surface area contributed by atoms with Crippen molar-refractivity contribution >= 4 is 56.7 Å². The smallest absolute Gasteiger partial charge is 0.475 e. The molecule has 0 saturated heterocycles. The van der Waals surface area contributed by atoms with E-state index in [0.29, 0.717) is 10.7 Å². The standard InChI is InChI=1S/C18H22Cl2N6O5S.C2HF3O2/c1-9-3-6-14(25-32(29,30)8-11-7-12(19)4-5-13(11)20)17(28)26(9)15(16(21)27)10(2)31-24-18(22)23;3-2(4,5)1(6)7/h3-7,10,15,25H,8H2,1-2H3,(H2,21,27)(H4,22,23,24);(H,6,7). The molecule has 2 rings (SSSR count). The summed E-state index contributed by atoms with van der Waals surface area (Å²) in [5.74, 6) is -4.61. The van der Waals surface area contributed by atoms with Gasteiger partial charge in [-0.15, -0.1) is 0 Å². The second-order valence-corrected chi connectivity index (χ2v) is 10.2. The van der Waals surface area contributed by atoms with Gasteiger partial charge in [0, 0.05) is 15.7 Å². The first-order valence-electron chi connectivity index (χ1n) is 10.3.